The van der Waals surface area contributed by atoms with Gasteiger partial charge in [0.05, 0.1) is 53.4 Å². The predicted molar refractivity (Wildman–Crippen MR) is 117 cm³/mol. The Morgan fingerprint density at radius 1 is 1.30 bits per heavy atom. The first-order chi connectivity index (χ1) is 14.5. The molecule has 4 rings (SSSR count). The van der Waals surface area contributed by atoms with Gasteiger partial charge in [0.25, 0.3) is 0 Å². The summed E-state index contributed by atoms with van der Waals surface area (Å²) in [7, 11) is -2.92. The molecule has 2 atom stereocenters. The largest absolute Gasteiger partial charge is 0.377 e. The number of fused-ring (bicyclic) bond motifs is 1. The highest BCUT2D eigenvalue weighted by Gasteiger charge is 2.27. The van der Waals surface area contributed by atoms with E-state index in [0.29, 0.717) is 22.2 Å². The molecule has 0 amide bonds. The average molecular weight is 471 g/mol. The van der Waals surface area contributed by atoms with Crippen molar-refractivity contribution in [3.63, 3.8) is 0 Å². The lowest BCUT2D eigenvalue weighted by atomic mass is 10.1. The molecule has 8 nitrogen and oxygen atoms in total. The molecular weight excluding hydrogens is 450 g/mol. The van der Waals surface area contributed by atoms with Crippen molar-refractivity contribution in [2.45, 2.75) is 18.9 Å². The Bertz CT molecular complexity index is 1050. The molecule has 0 radical (unpaired) electrons. The molecule has 1 unspecified atom stereocenters. The average Bonchev–Trinajstić information content (AvgIpc) is 3.42. The molecule has 1 aromatic carbocycles. The van der Waals surface area contributed by atoms with E-state index in [2.05, 4.69) is 14.4 Å². The standard InChI is InChI=1S/C19H21Cl2N4O4P/c20-15-4-3-14-16(24-7-5-22-12-24)10-17(23-19(14)18(15)21)25-6-1-2-13(25)11-28-8-9-29-30(26)27/h3-5,7,10,12-13,30H,1-2,6,8-9,11H2,(H,26,27)/t13-/m0/s1. The van der Waals surface area contributed by atoms with Gasteiger partial charge in [-0.3, -0.25) is 4.57 Å². The van der Waals surface area contributed by atoms with Gasteiger partial charge in [-0.25, -0.2) is 9.97 Å². The van der Waals surface area contributed by atoms with Crippen LogP contribution in [0, 0.1) is 0 Å². The SMILES string of the molecule is O=[PH](O)OCCOC[C@@H]1CCCN1c1cc(-n2ccnc2)c2ccc(Cl)c(Cl)c2n1. The third-order valence-corrected chi connectivity index (χ3v) is 6.30. The number of anilines is 1. The minimum Gasteiger partial charge on any atom is -0.377 e. The highest BCUT2D eigenvalue weighted by Crippen LogP contribution is 2.36. The van der Waals surface area contributed by atoms with Crippen molar-refractivity contribution in [3.05, 3.63) is 47.0 Å². The molecule has 11 heteroatoms. The van der Waals surface area contributed by atoms with Crippen LogP contribution < -0.4 is 4.90 Å². The Morgan fingerprint density at radius 3 is 2.93 bits per heavy atom. The summed E-state index contributed by atoms with van der Waals surface area (Å²) in [5.41, 5.74) is 1.55. The predicted octanol–water partition coefficient (Wildman–Crippen LogP) is 4.11. The molecule has 3 heterocycles. The first-order valence-corrected chi connectivity index (χ1v) is 11.5. The highest BCUT2D eigenvalue weighted by molar-refractivity contribution is 7.32. The number of benzene rings is 1. The Hall–Kier alpha value is -1.67. The van der Waals surface area contributed by atoms with Gasteiger partial charge in [0.15, 0.2) is 0 Å². The van der Waals surface area contributed by atoms with Gasteiger partial charge in [0.1, 0.15) is 5.82 Å². The summed E-state index contributed by atoms with van der Waals surface area (Å²) in [6.07, 6.45) is 7.30. The van der Waals surface area contributed by atoms with E-state index >= 15 is 0 Å². The van der Waals surface area contributed by atoms with Crippen LogP contribution in [0.1, 0.15) is 12.8 Å². The molecule has 3 aromatic rings. The van der Waals surface area contributed by atoms with Gasteiger partial charge in [-0.1, -0.05) is 23.2 Å². The maximum absolute atomic E-state index is 10.6. The van der Waals surface area contributed by atoms with E-state index in [1.54, 1.807) is 18.6 Å². The van der Waals surface area contributed by atoms with Crippen LogP contribution in [-0.2, 0) is 13.8 Å². The fourth-order valence-electron chi connectivity index (χ4n) is 3.68. The summed E-state index contributed by atoms with van der Waals surface area (Å²) < 4.78 is 22.9. The van der Waals surface area contributed by atoms with Gasteiger partial charge in [-0.2, -0.15) is 0 Å². The molecule has 30 heavy (non-hydrogen) atoms. The Balaban J connectivity index is 1.63. The van der Waals surface area contributed by atoms with Gasteiger partial charge >= 0.3 is 8.25 Å². The molecule has 160 valence electrons. The van der Waals surface area contributed by atoms with Crippen molar-refractivity contribution in [3.8, 4) is 5.69 Å². The molecular formula is C19H21Cl2N4O4P. The number of imidazole rings is 1. The lowest BCUT2D eigenvalue weighted by Crippen LogP contribution is -2.34. The number of aromatic nitrogens is 3. The summed E-state index contributed by atoms with van der Waals surface area (Å²) in [5.74, 6) is 0.790. The molecule has 1 aliphatic rings. The van der Waals surface area contributed by atoms with Crippen LogP contribution in [-0.4, -0.2) is 51.8 Å². The van der Waals surface area contributed by atoms with Gasteiger partial charge in [0.2, 0.25) is 0 Å². The number of halogens is 2. The molecule has 1 N–H and O–H groups in total. The van der Waals surface area contributed by atoms with Gasteiger partial charge < -0.3 is 23.6 Å². The van der Waals surface area contributed by atoms with E-state index in [0.717, 1.165) is 36.3 Å². The maximum Gasteiger partial charge on any atom is 0.316 e. The van der Waals surface area contributed by atoms with E-state index in [-0.39, 0.29) is 19.3 Å². The molecule has 0 bridgehead atoms. The van der Waals surface area contributed by atoms with Crippen LogP contribution in [0.3, 0.4) is 0 Å². The fourth-order valence-corrected chi connectivity index (χ4v) is 4.30. The number of rotatable bonds is 8. The number of hydrogen-bond acceptors (Lipinski definition) is 6. The van der Waals surface area contributed by atoms with E-state index in [9.17, 15) is 4.57 Å². The molecule has 0 saturated carbocycles. The number of ether oxygens (including phenoxy) is 1. The van der Waals surface area contributed by atoms with Gasteiger partial charge in [0, 0.05) is 30.4 Å². The monoisotopic (exact) mass is 470 g/mol. The van der Waals surface area contributed by atoms with Crippen LogP contribution in [0.4, 0.5) is 5.82 Å². The zero-order valence-corrected chi connectivity index (χ0v) is 18.5. The molecule has 1 saturated heterocycles. The molecule has 0 spiro atoms. The smallest absolute Gasteiger partial charge is 0.316 e. The zero-order chi connectivity index (χ0) is 21.1. The minimum absolute atomic E-state index is 0.0914. The zero-order valence-electron chi connectivity index (χ0n) is 16.0. The number of hydrogen-bond donors (Lipinski definition) is 1. The first-order valence-electron chi connectivity index (χ1n) is 9.52. The minimum atomic E-state index is -2.92. The van der Waals surface area contributed by atoms with Crippen LogP contribution in [0.2, 0.25) is 10.0 Å². The first kappa shape index (κ1) is 21.6. The van der Waals surface area contributed by atoms with Crippen LogP contribution in [0.5, 0.6) is 0 Å². The second-order valence-corrected chi connectivity index (χ2v) is 8.51. The molecule has 0 aliphatic carbocycles. The third kappa shape index (κ3) is 4.64. The van der Waals surface area contributed by atoms with Crippen LogP contribution in [0.15, 0.2) is 36.9 Å². The van der Waals surface area contributed by atoms with E-state index < -0.39 is 8.25 Å². The Morgan fingerprint density at radius 2 is 2.17 bits per heavy atom. The highest BCUT2D eigenvalue weighted by atomic mass is 35.5. The summed E-state index contributed by atoms with van der Waals surface area (Å²) >= 11 is 12.7. The van der Waals surface area contributed by atoms with Crippen molar-refractivity contribution >= 4 is 48.2 Å². The normalized spacial score (nSPS) is 17.7. The summed E-state index contributed by atoms with van der Waals surface area (Å²) in [5, 5.41) is 1.75. The summed E-state index contributed by atoms with van der Waals surface area (Å²) in [6, 6.07) is 5.83. The van der Waals surface area contributed by atoms with Crippen molar-refractivity contribution in [2.75, 3.05) is 31.3 Å². The topological polar surface area (TPSA) is 89.7 Å². The van der Waals surface area contributed by atoms with Crippen molar-refractivity contribution < 1.29 is 18.7 Å². The van der Waals surface area contributed by atoms with E-state index in [1.807, 2.05) is 22.9 Å². The quantitative estimate of drug-likeness (QED) is 0.391. The second kappa shape index (κ2) is 9.64. The molecule has 1 aliphatic heterocycles. The lowest BCUT2D eigenvalue weighted by molar-refractivity contribution is 0.0894. The van der Waals surface area contributed by atoms with Crippen molar-refractivity contribution in [1.29, 1.82) is 0 Å². The summed E-state index contributed by atoms with van der Waals surface area (Å²) in [4.78, 5) is 19.9. The fraction of sp³-hybridized carbons (Fsp3) is 0.368. The second-order valence-electron chi connectivity index (χ2n) is 6.91. The third-order valence-electron chi connectivity index (χ3n) is 5.05. The van der Waals surface area contributed by atoms with E-state index in [1.165, 1.54) is 0 Å². The van der Waals surface area contributed by atoms with Crippen molar-refractivity contribution in [1.82, 2.24) is 14.5 Å². The molecule has 2 aromatic heterocycles. The van der Waals surface area contributed by atoms with Gasteiger partial charge in [-0.15, -0.1) is 0 Å². The lowest BCUT2D eigenvalue weighted by Gasteiger charge is -2.27. The summed E-state index contributed by atoms with van der Waals surface area (Å²) in [6.45, 7) is 1.66. The molecule has 1 fully saturated rings. The van der Waals surface area contributed by atoms with Gasteiger partial charge in [-0.05, 0) is 25.0 Å². The van der Waals surface area contributed by atoms with Crippen LogP contribution in [0.25, 0.3) is 16.6 Å². The number of nitrogens with zero attached hydrogens (tertiary/aromatic N) is 4. The Kier molecular flexibility index (Phi) is 6.93. The number of pyridine rings is 1. The van der Waals surface area contributed by atoms with E-state index in [4.69, 9.17) is 37.8 Å². The van der Waals surface area contributed by atoms with Crippen LogP contribution >= 0.6 is 31.5 Å². The Labute approximate surface area is 184 Å². The maximum atomic E-state index is 10.6. The van der Waals surface area contributed by atoms with Crippen molar-refractivity contribution in [2.24, 2.45) is 0 Å².